The molecule has 0 unspecified atom stereocenters. The molecule has 10 nitrogen and oxygen atoms in total. The van der Waals surface area contributed by atoms with Crippen molar-refractivity contribution in [1.29, 1.82) is 0 Å². The molecule has 4 aromatic rings. The number of nitro groups is 1. The lowest BCUT2D eigenvalue weighted by Gasteiger charge is -2.09. The number of rotatable bonds is 8. The Bertz CT molecular complexity index is 1360. The number of nitro benzene ring substituents is 1. The van der Waals surface area contributed by atoms with E-state index < -0.39 is 4.92 Å². The molecule has 0 atom stereocenters. The Labute approximate surface area is 189 Å². The van der Waals surface area contributed by atoms with Gasteiger partial charge < -0.3 is 15.8 Å². The van der Waals surface area contributed by atoms with E-state index in [9.17, 15) is 14.9 Å². The van der Waals surface area contributed by atoms with Crippen LogP contribution in [0.25, 0.3) is 27.9 Å². The normalized spacial score (nSPS) is 11.2. The topological polar surface area (TPSA) is 138 Å². The van der Waals surface area contributed by atoms with E-state index in [1.165, 1.54) is 10.6 Å². The van der Waals surface area contributed by atoms with E-state index in [0.717, 1.165) is 0 Å². The second-order valence-corrected chi connectivity index (χ2v) is 7.51. The Hall–Kier alpha value is -4.05. The van der Waals surface area contributed by atoms with Crippen molar-refractivity contribution in [3.8, 4) is 5.69 Å². The van der Waals surface area contributed by atoms with E-state index in [2.05, 4.69) is 15.3 Å². The Kier molecular flexibility index (Phi) is 6.18. The van der Waals surface area contributed by atoms with Crippen LogP contribution in [0.2, 0.25) is 0 Å². The summed E-state index contributed by atoms with van der Waals surface area (Å²) in [4.78, 5) is 33.5. The minimum Gasteiger partial charge on any atom is -0.384 e. The van der Waals surface area contributed by atoms with Gasteiger partial charge in [-0.15, -0.1) is 0 Å². The first-order valence-corrected chi connectivity index (χ1v) is 10.6. The van der Waals surface area contributed by atoms with Gasteiger partial charge in [-0.1, -0.05) is 18.2 Å². The van der Waals surface area contributed by atoms with Crippen molar-refractivity contribution >= 4 is 39.6 Å². The summed E-state index contributed by atoms with van der Waals surface area (Å²) < 4.78 is 6.85. The number of hydrogen-bond acceptors (Lipinski definition) is 7. The number of para-hydroxylation sites is 2. The molecule has 0 aliphatic carbocycles. The third-order valence-corrected chi connectivity index (χ3v) is 5.33. The zero-order chi connectivity index (χ0) is 23.5. The Morgan fingerprint density at radius 2 is 1.94 bits per heavy atom. The van der Waals surface area contributed by atoms with Crippen molar-refractivity contribution in [3.05, 3.63) is 63.7 Å². The van der Waals surface area contributed by atoms with Crippen molar-refractivity contribution in [2.75, 3.05) is 25.5 Å². The molecule has 0 saturated heterocycles. The van der Waals surface area contributed by atoms with Gasteiger partial charge in [0.1, 0.15) is 16.9 Å². The van der Waals surface area contributed by atoms with Gasteiger partial charge in [-0.05, 0) is 38.5 Å². The van der Waals surface area contributed by atoms with Gasteiger partial charge in [-0.3, -0.25) is 19.5 Å². The SMILES string of the molecule is CCOCCCNC(=O)c1c(N)n(-c2ccc(C)c([N+](=O)[O-])c2)c2nc3ccccc3nc12. The molecule has 0 saturated carbocycles. The molecule has 2 aromatic heterocycles. The molecule has 1 amide bonds. The highest BCUT2D eigenvalue weighted by Gasteiger charge is 2.25. The molecule has 2 aromatic carbocycles. The summed E-state index contributed by atoms with van der Waals surface area (Å²) in [5.41, 5.74) is 9.44. The minimum atomic E-state index is -0.451. The van der Waals surface area contributed by atoms with Gasteiger partial charge in [0.25, 0.3) is 11.6 Å². The first-order chi connectivity index (χ1) is 15.9. The molecule has 4 rings (SSSR count). The monoisotopic (exact) mass is 448 g/mol. The number of amides is 1. The zero-order valence-corrected chi connectivity index (χ0v) is 18.4. The molecule has 0 spiro atoms. The fourth-order valence-corrected chi connectivity index (χ4v) is 3.69. The van der Waals surface area contributed by atoms with E-state index in [4.69, 9.17) is 10.5 Å². The summed E-state index contributed by atoms with van der Waals surface area (Å²) >= 11 is 0. The maximum Gasteiger partial charge on any atom is 0.274 e. The average Bonchev–Trinajstić information content (AvgIpc) is 3.08. The molecule has 0 aliphatic heterocycles. The predicted octanol–water partition coefficient (Wildman–Crippen LogP) is 3.53. The maximum absolute atomic E-state index is 13.1. The minimum absolute atomic E-state index is 0.0515. The molecule has 0 fully saturated rings. The molecular weight excluding hydrogens is 424 g/mol. The lowest BCUT2D eigenvalue weighted by molar-refractivity contribution is -0.385. The van der Waals surface area contributed by atoms with Crippen LogP contribution < -0.4 is 11.1 Å². The zero-order valence-electron chi connectivity index (χ0n) is 18.4. The number of benzene rings is 2. The van der Waals surface area contributed by atoms with Crippen LogP contribution in [0.3, 0.4) is 0 Å². The van der Waals surface area contributed by atoms with Gasteiger partial charge in [0.2, 0.25) is 0 Å². The van der Waals surface area contributed by atoms with Crippen LogP contribution in [0.15, 0.2) is 42.5 Å². The van der Waals surface area contributed by atoms with E-state index >= 15 is 0 Å². The van der Waals surface area contributed by atoms with Gasteiger partial charge in [-0.2, -0.15) is 0 Å². The average molecular weight is 448 g/mol. The Balaban J connectivity index is 1.87. The van der Waals surface area contributed by atoms with Gasteiger partial charge in [0, 0.05) is 31.4 Å². The van der Waals surface area contributed by atoms with Gasteiger partial charge >= 0.3 is 0 Å². The number of ether oxygens (including phenoxy) is 1. The van der Waals surface area contributed by atoms with E-state index in [1.807, 2.05) is 19.1 Å². The third kappa shape index (κ3) is 4.20. The number of nitrogen functional groups attached to an aromatic ring is 1. The second kappa shape index (κ2) is 9.21. The number of aromatic nitrogens is 3. The standard InChI is InChI=1S/C23H24N6O4/c1-3-33-12-6-11-25-23(30)19-20-22(27-17-8-5-4-7-16(17)26-20)28(21(19)24)15-10-9-14(2)18(13-15)29(31)32/h4-5,7-10,13H,3,6,11-12,24H2,1-2H3,(H,25,30). The third-order valence-electron chi connectivity index (χ3n) is 5.33. The Morgan fingerprint density at radius 3 is 2.64 bits per heavy atom. The van der Waals surface area contributed by atoms with E-state index in [0.29, 0.717) is 59.6 Å². The first-order valence-electron chi connectivity index (χ1n) is 10.6. The van der Waals surface area contributed by atoms with Crippen LogP contribution in [0.5, 0.6) is 0 Å². The molecule has 10 heteroatoms. The number of aryl methyl sites for hydroxylation is 1. The van der Waals surface area contributed by atoms with Crippen LogP contribution in [-0.2, 0) is 4.74 Å². The summed E-state index contributed by atoms with van der Waals surface area (Å²) in [6.45, 7) is 5.12. The quantitative estimate of drug-likeness (QED) is 0.239. The van der Waals surface area contributed by atoms with Crippen molar-refractivity contribution in [3.63, 3.8) is 0 Å². The number of nitrogens with two attached hydrogens (primary N) is 1. The lowest BCUT2D eigenvalue weighted by atomic mass is 10.2. The Morgan fingerprint density at radius 1 is 1.21 bits per heavy atom. The van der Waals surface area contributed by atoms with Gasteiger partial charge in [0.15, 0.2) is 5.65 Å². The van der Waals surface area contributed by atoms with E-state index in [-0.39, 0.29) is 23.0 Å². The summed E-state index contributed by atoms with van der Waals surface area (Å²) in [5.74, 6) is -0.278. The largest absolute Gasteiger partial charge is 0.384 e. The number of nitrogens with one attached hydrogen (secondary N) is 1. The van der Waals surface area contributed by atoms with Crippen LogP contribution in [0, 0.1) is 17.0 Å². The van der Waals surface area contributed by atoms with Crippen LogP contribution in [-0.4, -0.2) is 45.1 Å². The van der Waals surface area contributed by atoms with Crippen LogP contribution in [0.1, 0.15) is 29.3 Å². The fraction of sp³-hybridized carbons (Fsp3) is 0.261. The van der Waals surface area contributed by atoms with Crippen molar-refractivity contribution < 1.29 is 14.5 Å². The highest BCUT2D eigenvalue weighted by molar-refractivity contribution is 6.11. The van der Waals surface area contributed by atoms with Gasteiger partial charge in [-0.25, -0.2) is 9.97 Å². The van der Waals surface area contributed by atoms with Crippen molar-refractivity contribution in [1.82, 2.24) is 19.9 Å². The number of fused-ring (bicyclic) bond motifs is 2. The van der Waals surface area contributed by atoms with E-state index in [1.54, 1.807) is 31.2 Å². The number of carbonyl (C=O) groups is 1. The summed E-state index contributed by atoms with van der Waals surface area (Å²) in [5, 5.41) is 14.4. The molecular formula is C23H24N6O4. The molecule has 0 radical (unpaired) electrons. The maximum atomic E-state index is 13.1. The predicted molar refractivity (Wildman–Crippen MR) is 126 cm³/mol. The molecule has 170 valence electrons. The number of carbonyl (C=O) groups excluding carboxylic acids is 1. The summed E-state index contributed by atoms with van der Waals surface area (Å²) in [6.07, 6.45) is 0.650. The molecule has 0 aliphatic rings. The molecule has 3 N–H and O–H groups in total. The number of hydrogen-bond donors (Lipinski definition) is 2. The van der Waals surface area contributed by atoms with Crippen molar-refractivity contribution in [2.24, 2.45) is 0 Å². The summed E-state index contributed by atoms with van der Waals surface area (Å²) in [7, 11) is 0. The second-order valence-electron chi connectivity index (χ2n) is 7.51. The molecule has 0 bridgehead atoms. The fourth-order valence-electron chi connectivity index (χ4n) is 3.69. The first kappa shape index (κ1) is 22.2. The molecule has 2 heterocycles. The lowest BCUT2D eigenvalue weighted by Crippen LogP contribution is -2.26. The highest BCUT2D eigenvalue weighted by Crippen LogP contribution is 2.32. The van der Waals surface area contributed by atoms with Gasteiger partial charge in [0.05, 0.1) is 21.6 Å². The molecule has 33 heavy (non-hydrogen) atoms. The number of nitrogens with zero attached hydrogens (tertiary/aromatic N) is 4. The van der Waals surface area contributed by atoms with Crippen molar-refractivity contribution in [2.45, 2.75) is 20.3 Å². The highest BCUT2D eigenvalue weighted by atomic mass is 16.6. The number of anilines is 1. The van der Waals surface area contributed by atoms with Crippen LogP contribution in [0.4, 0.5) is 11.5 Å². The summed E-state index contributed by atoms with van der Waals surface area (Å²) in [6, 6.07) is 12.0. The van der Waals surface area contributed by atoms with Crippen LogP contribution >= 0.6 is 0 Å². The smallest absolute Gasteiger partial charge is 0.274 e.